The number of fused-ring (bicyclic) bond motifs is 5. The molecule has 2 heterocycles. The molecule has 0 N–H and O–H groups in total. The summed E-state index contributed by atoms with van der Waals surface area (Å²) in [4.78, 5) is 4.94. The van der Waals surface area contributed by atoms with Crippen molar-refractivity contribution in [2.75, 3.05) is 16.8 Å². The Morgan fingerprint density at radius 1 is 0.900 bits per heavy atom. The lowest BCUT2D eigenvalue weighted by Gasteiger charge is -2.27. The topological polar surface area (TPSA) is 6.48 Å². The third-order valence-electron chi connectivity index (χ3n) is 5.02. The van der Waals surface area contributed by atoms with Gasteiger partial charge in [-0.25, -0.2) is 0 Å². The SMILES string of the molecule is Cc1cc2c(cc1C)N1c3ccccc3N(C)C1C2C. The number of para-hydroxylation sites is 2. The Balaban J connectivity index is 1.98. The maximum atomic E-state index is 2.52. The highest BCUT2D eigenvalue weighted by molar-refractivity contribution is 5.88. The van der Waals surface area contributed by atoms with Gasteiger partial charge in [0.2, 0.25) is 0 Å². The second-order valence-electron chi connectivity index (χ2n) is 6.17. The van der Waals surface area contributed by atoms with Gasteiger partial charge in [0.15, 0.2) is 0 Å². The molecule has 0 amide bonds. The predicted octanol–water partition coefficient (Wildman–Crippen LogP) is 4.33. The highest BCUT2D eigenvalue weighted by Crippen LogP contribution is 2.54. The summed E-state index contributed by atoms with van der Waals surface area (Å²) in [5.74, 6) is 0.529. The van der Waals surface area contributed by atoms with E-state index >= 15 is 0 Å². The molecule has 2 aromatic rings. The van der Waals surface area contributed by atoms with E-state index in [1.54, 1.807) is 0 Å². The summed E-state index contributed by atoms with van der Waals surface area (Å²) in [7, 11) is 2.21. The van der Waals surface area contributed by atoms with Gasteiger partial charge in [-0.05, 0) is 48.7 Å². The number of hydrogen-bond donors (Lipinski definition) is 0. The lowest BCUT2D eigenvalue weighted by Crippen LogP contribution is -2.37. The summed E-state index contributed by atoms with van der Waals surface area (Å²) in [6.45, 7) is 6.77. The molecule has 102 valence electrons. The lowest BCUT2D eigenvalue weighted by molar-refractivity contribution is 0.604. The highest BCUT2D eigenvalue weighted by atomic mass is 15.4. The quantitative estimate of drug-likeness (QED) is 0.698. The number of hydrogen-bond acceptors (Lipinski definition) is 2. The van der Waals surface area contributed by atoms with Gasteiger partial charge < -0.3 is 9.80 Å². The van der Waals surface area contributed by atoms with Crippen molar-refractivity contribution in [3.63, 3.8) is 0 Å². The van der Waals surface area contributed by atoms with E-state index in [2.05, 4.69) is 74.0 Å². The van der Waals surface area contributed by atoms with Crippen LogP contribution in [0.2, 0.25) is 0 Å². The number of likely N-dealkylation sites (N-methyl/N-ethyl adjacent to an activating group) is 1. The van der Waals surface area contributed by atoms with Gasteiger partial charge >= 0.3 is 0 Å². The molecule has 0 bridgehead atoms. The molecule has 2 aliphatic rings. The Hall–Kier alpha value is -1.96. The molecule has 2 heteroatoms. The molecule has 0 aromatic heterocycles. The Morgan fingerprint density at radius 3 is 2.30 bits per heavy atom. The van der Waals surface area contributed by atoms with E-state index in [4.69, 9.17) is 0 Å². The molecule has 20 heavy (non-hydrogen) atoms. The summed E-state index contributed by atoms with van der Waals surface area (Å²) in [5.41, 5.74) is 8.33. The fourth-order valence-electron chi connectivity index (χ4n) is 3.81. The first kappa shape index (κ1) is 11.8. The minimum atomic E-state index is 0.420. The smallest absolute Gasteiger partial charge is 0.113 e. The first-order valence-corrected chi connectivity index (χ1v) is 7.32. The van der Waals surface area contributed by atoms with E-state index in [1.807, 2.05) is 0 Å². The molecule has 0 saturated heterocycles. The van der Waals surface area contributed by atoms with Crippen LogP contribution < -0.4 is 9.80 Å². The van der Waals surface area contributed by atoms with Gasteiger partial charge in [-0.15, -0.1) is 0 Å². The average molecular weight is 264 g/mol. The van der Waals surface area contributed by atoms with Crippen molar-refractivity contribution in [1.29, 1.82) is 0 Å². The van der Waals surface area contributed by atoms with Gasteiger partial charge in [0.1, 0.15) is 6.17 Å². The second kappa shape index (κ2) is 3.78. The Kier molecular flexibility index (Phi) is 2.24. The van der Waals surface area contributed by atoms with E-state index in [1.165, 1.54) is 33.8 Å². The molecule has 2 atom stereocenters. The molecule has 0 saturated carbocycles. The largest absolute Gasteiger partial charge is 0.352 e. The van der Waals surface area contributed by atoms with Gasteiger partial charge in [-0.1, -0.05) is 25.1 Å². The van der Waals surface area contributed by atoms with Crippen LogP contribution >= 0.6 is 0 Å². The van der Waals surface area contributed by atoms with Gasteiger partial charge in [0.05, 0.1) is 11.4 Å². The number of rotatable bonds is 0. The molecule has 2 aromatic carbocycles. The molecule has 4 rings (SSSR count). The van der Waals surface area contributed by atoms with Crippen molar-refractivity contribution in [3.05, 3.63) is 53.1 Å². The summed E-state index contributed by atoms with van der Waals surface area (Å²) in [6.07, 6.45) is 0.420. The van der Waals surface area contributed by atoms with Crippen LogP contribution in [-0.2, 0) is 0 Å². The molecule has 2 nitrogen and oxygen atoms in total. The maximum absolute atomic E-state index is 2.52. The summed E-state index contributed by atoms with van der Waals surface area (Å²) < 4.78 is 0. The van der Waals surface area contributed by atoms with Crippen molar-refractivity contribution < 1.29 is 0 Å². The van der Waals surface area contributed by atoms with Crippen molar-refractivity contribution in [2.45, 2.75) is 32.9 Å². The molecule has 0 radical (unpaired) electrons. The number of benzene rings is 2. The highest BCUT2D eigenvalue weighted by Gasteiger charge is 2.45. The van der Waals surface area contributed by atoms with Crippen LogP contribution in [0.5, 0.6) is 0 Å². The number of aryl methyl sites for hydroxylation is 2. The van der Waals surface area contributed by atoms with E-state index in [-0.39, 0.29) is 0 Å². The zero-order chi connectivity index (χ0) is 14.0. The Bertz CT molecular complexity index is 705. The molecular formula is C18H20N2. The Morgan fingerprint density at radius 2 is 1.55 bits per heavy atom. The number of anilines is 3. The first-order valence-electron chi connectivity index (χ1n) is 7.32. The normalized spacial score (nSPS) is 22.8. The van der Waals surface area contributed by atoms with Crippen LogP contribution in [0.1, 0.15) is 29.5 Å². The van der Waals surface area contributed by atoms with Crippen LogP contribution in [-0.4, -0.2) is 13.2 Å². The lowest BCUT2D eigenvalue weighted by atomic mass is 9.96. The van der Waals surface area contributed by atoms with E-state index < -0.39 is 0 Å². The minimum absolute atomic E-state index is 0.420. The number of nitrogens with zero attached hydrogens (tertiary/aromatic N) is 2. The van der Waals surface area contributed by atoms with Crippen molar-refractivity contribution >= 4 is 17.1 Å². The molecular weight excluding hydrogens is 244 g/mol. The summed E-state index contributed by atoms with van der Waals surface area (Å²) >= 11 is 0. The molecule has 0 fully saturated rings. The van der Waals surface area contributed by atoms with Gasteiger partial charge in [-0.3, -0.25) is 0 Å². The van der Waals surface area contributed by atoms with E-state index in [0.717, 1.165) is 0 Å². The standard InChI is InChI=1S/C18H20N2/c1-11-9-14-13(3)18-19(4)15-7-5-6-8-16(15)20(18)17(14)10-12(11)2/h5-10,13,18H,1-4H3. The monoisotopic (exact) mass is 264 g/mol. The molecule has 0 spiro atoms. The van der Waals surface area contributed by atoms with Crippen LogP contribution in [0.25, 0.3) is 0 Å². The first-order chi connectivity index (χ1) is 9.59. The van der Waals surface area contributed by atoms with Gasteiger partial charge in [-0.2, -0.15) is 0 Å². The minimum Gasteiger partial charge on any atom is -0.352 e. The third-order valence-corrected chi connectivity index (χ3v) is 5.02. The fraction of sp³-hybridized carbons (Fsp3) is 0.333. The average Bonchev–Trinajstić information content (AvgIpc) is 2.88. The van der Waals surface area contributed by atoms with Crippen LogP contribution in [0.4, 0.5) is 17.1 Å². The predicted molar refractivity (Wildman–Crippen MR) is 85.1 cm³/mol. The van der Waals surface area contributed by atoms with Gasteiger partial charge in [0, 0.05) is 18.7 Å². The maximum Gasteiger partial charge on any atom is 0.113 e. The van der Waals surface area contributed by atoms with E-state index in [9.17, 15) is 0 Å². The van der Waals surface area contributed by atoms with Crippen molar-refractivity contribution in [2.24, 2.45) is 0 Å². The van der Waals surface area contributed by atoms with Crippen molar-refractivity contribution in [3.8, 4) is 0 Å². The van der Waals surface area contributed by atoms with Crippen LogP contribution in [0.15, 0.2) is 36.4 Å². The second-order valence-corrected chi connectivity index (χ2v) is 6.17. The van der Waals surface area contributed by atoms with Crippen LogP contribution in [0, 0.1) is 13.8 Å². The summed E-state index contributed by atoms with van der Waals surface area (Å²) in [5, 5.41) is 0. The van der Waals surface area contributed by atoms with E-state index in [0.29, 0.717) is 12.1 Å². The molecule has 2 aliphatic heterocycles. The van der Waals surface area contributed by atoms with Gasteiger partial charge in [0.25, 0.3) is 0 Å². The van der Waals surface area contributed by atoms with Crippen LogP contribution in [0.3, 0.4) is 0 Å². The summed E-state index contributed by atoms with van der Waals surface area (Å²) in [6, 6.07) is 13.5. The third kappa shape index (κ3) is 1.29. The Labute approximate surface area is 120 Å². The zero-order valence-corrected chi connectivity index (χ0v) is 12.5. The molecule has 2 unspecified atom stereocenters. The molecule has 0 aliphatic carbocycles. The fourth-order valence-corrected chi connectivity index (χ4v) is 3.81. The zero-order valence-electron chi connectivity index (χ0n) is 12.5. The van der Waals surface area contributed by atoms with Crippen molar-refractivity contribution in [1.82, 2.24) is 0 Å².